The minimum Gasteiger partial charge on any atom is -0.257 e. The van der Waals surface area contributed by atoms with Crippen LogP contribution in [-0.2, 0) is 12.2 Å². The lowest BCUT2D eigenvalue weighted by Gasteiger charge is -2.09. The summed E-state index contributed by atoms with van der Waals surface area (Å²) in [6.45, 7) is 2.09. The average Bonchev–Trinajstić information content (AvgIpc) is 3.11. The number of hydrogen-bond donors (Lipinski definition) is 0. The number of hydrogen-bond acceptors (Lipinski definition) is 4. The smallest absolute Gasteiger partial charge is 0.176 e. The zero-order chi connectivity index (χ0) is 17.1. The first-order chi connectivity index (χ1) is 12.3. The second-order valence-corrected chi connectivity index (χ2v) is 6.67. The standard InChI is InChI=1S/C20H18N4S/c1-2-18-22-23-19-13-17(16-11-7-4-8-12-16)21-20(24(18)19)25-14-15-9-5-3-6-10-15/h3-13H,2,14H2,1H3. The molecule has 5 heteroatoms. The number of aromatic nitrogens is 4. The summed E-state index contributed by atoms with van der Waals surface area (Å²) in [5.41, 5.74) is 4.14. The minimum absolute atomic E-state index is 0.826. The van der Waals surface area contributed by atoms with Crippen LogP contribution in [0.5, 0.6) is 0 Å². The molecule has 4 nitrogen and oxygen atoms in total. The summed E-state index contributed by atoms with van der Waals surface area (Å²) in [5, 5.41) is 9.61. The second-order valence-electron chi connectivity index (χ2n) is 5.73. The second kappa shape index (κ2) is 7.07. The summed E-state index contributed by atoms with van der Waals surface area (Å²) in [6, 6.07) is 22.7. The van der Waals surface area contributed by atoms with E-state index >= 15 is 0 Å². The molecule has 0 amide bonds. The van der Waals surface area contributed by atoms with Gasteiger partial charge in [0.2, 0.25) is 0 Å². The number of nitrogens with zero attached hydrogens (tertiary/aromatic N) is 4. The Kier molecular flexibility index (Phi) is 4.48. The molecule has 0 bridgehead atoms. The Labute approximate surface area is 151 Å². The van der Waals surface area contributed by atoms with Gasteiger partial charge in [-0.2, -0.15) is 0 Å². The van der Waals surface area contributed by atoms with Crippen LogP contribution in [0.2, 0.25) is 0 Å². The quantitative estimate of drug-likeness (QED) is 0.390. The van der Waals surface area contributed by atoms with Gasteiger partial charge in [0.25, 0.3) is 0 Å². The van der Waals surface area contributed by atoms with E-state index < -0.39 is 0 Å². The van der Waals surface area contributed by atoms with E-state index in [2.05, 4.69) is 57.9 Å². The Bertz CT molecular complexity index is 981. The topological polar surface area (TPSA) is 43.1 Å². The van der Waals surface area contributed by atoms with Gasteiger partial charge in [0.05, 0.1) is 5.69 Å². The van der Waals surface area contributed by atoms with E-state index in [1.54, 1.807) is 11.8 Å². The summed E-state index contributed by atoms with van der Waals surface area (Å²) < 4.78 is 2.07. The Balaban J connectivity index is 1.77. The van der Waals surface area contributed by atoms with Gasteiger partial charge < -0.3 is 0 Å². The van der Waals surface area contributed by atoms with Crippen molar-refractivity contribution in [3.8, 4) is 11.3 Å². The molecule has 4 aromatic rings. The summed E-state index contributed by atoms with van der Waals surface area (Å²) in [7, 11) is 0. The third kappa shape index (κ3) is 3.28. The van der Waals surface area contributed by atoms with Crippen molar-refractivity contribution in [3.05, 3.63) is 78.1 Å². The maximum absolute atomic E-state index is 4.91. The largest absolute Gasteiger partial charge is 0.257 e. The molecule has 0 atom stereocenters. The highest BCUT2D eigenvalue weighted by Crippen LogP contribution is 2.27. The van der Waals surface area contributed by atoms with Crippen molar-refractivity contribution in [1.82, 2.24) is 19.6 Å². The summed E-state index contributed by atoms with van der Waals surface area (Å²) in [6.07, 6.45) is 0.826. The van der Waals surface area contributed by atoms with E-state index in [4.69, 9.17) is 4.98 Å². The Morgan fingerprint density at radius 3 is 2.36 bits per heavy atom. The first-order valence-electron chi connectivity index (χ1n) is 8.32. The lowest BCUT2D eigenvalue weighted by atomic mass is 10.1. The van der Waals surface area contributed by atoms with E-state index in [0.29, 0.717) is 0 Å². The van der Waals surface area contributed by atoms with Crippen LogP contribution in [-0.4, -0.2) is 19.6 Å². The zero-order valence-electron chi connectivity index (χ0n) is 14.0. The van der Waals surface area contributed by atoms with Gasteiger partial charge in [-0.1, -0.05) is 79.3 Å². The molecule has 0 aliphatic rings. The van der Waals surface area contributed by atoms with Gasteiger partial charge >= 0.3 is 0 Å². The third-order valence-electron chi connectivity index (χ3n) is 4.02. The average molecular weight is 346 g/mol. The molecule has 2 heterocycles. The fourth-order valence-corrected chi connectivity index (χ4v) is 3.72. The summed E-state index contributed by atoms with van der Waals surface area (Å²) in [5.74, 6) is 1.81. The molecular formula is C20H18N4S. The van der Waals surface area contributed by atoms with E-state index in [-0.39, 0.29) is 0 Å². The molecule has 0 N–H and O–H groups in total. The minimum atomic E-state index is 0.826. The summed E-state index contributed by atoms with van der Waals surface area (Å²) >= 11 is 1.72. The van der Waals surface area contributed by atoms with Crippen LogP contribution in [0.3, 0.4) is 0 Å². The van der Waals surface area contributed by atoms with Crippen molar-refractivity contribution >= 4 is 17.4 Å². The molecule has 0 saturated heterocycles. The van der Waals surface area contributed by atoms with Crippen LogP contribution in [0, 0.1) is 0 Å². The SMILES string of the molecule is CCc1nnc2cc(-c3ccccc3)nc(SCc3ccccc3)n12. The number of rotatable bonds is 5. The van der Waals surface area contributed by atoms with Gasteiger partial charge in [-0.3, -0.25) is 4.40 Å². The van der Waals surface area contributed by atoms with E-state index in [1.807, 2.05) is 30.3 Å². The zero-order valence-corrected chi connectivity index (χ0v) is 14.8. The Hall–Kier alpha value is -2.66. The highest BCUT2D eigenvalue weighted by Gasteiger charge is 2.13. The van der Waals surface area contributed by atoms with Crippen molar-refractivity contribution in [2.24, 2.45) is 0 Å². The van der Waals surface area contributed by atoms with Gasteiger partial charge in [0.1, 0.15) is 5.82 Å². The molecule has 0 fully saturated rings. The van der Waals surface area contributed by atoms with Crippen molar-refractivity contribution < 1.29 is 0 Å². The lowest BCUT2D eigenvalue weighted by Crippen LogP contribution is -2.01. The molecule has 0 spiro atoms. The number of aryl methyl sites for hydroxylation is 1. The van der Waals surface area contributed by atoms with Gasteiger partial charge in [0, 0.05) is 23.8 Å². The molecular weight excluding hydrogens is 328 g/mol. The fraction of sp³-hybridized carbons (Fsp3) is 0.150. The molecule has 0 saturated carbocycles. The Morgan fingerprint density at radius 1 is 0.920 bits per heavy atom. The Morgan fingerprint density at radius 2 is 1.64 bits per heavy atom. The van der Waals surface area contributed by atoms with Crippen LogP contribution in [0.15, 0.2) is 71.9 Å². The predicted octanol–water partition coefficient (Wildman–Crippen LogP) is 4.65. The van der Waals surface area contributed by atoms with Gasteiger partial charge in [-0.25, -0.2) is 4.98 Å². The van der Waals surface area contributed by atoms with E-state index in [0.717, 1.165) is 40.1 Å². The monoisotopic (exact) mass is 346 g/mol. The van der Waals surface area contributed by atoms with Crippen LogP contribution in [0.4, 0.5) is 0 Å². The van der Waals surface area contributed by atoms with Crippen LogP contribution in [0.25, 0.3) is 16.9 Å². The molecule has 4 rings (SSSR count). The van der Waals surface area contributed by atoms with Crippen molar-refractivity contribution in [1.29, 1.82) is 0 Å². The highest BCUT2D eigenvalue weighted by atomic mass is 32.2. The van der Waals surface area contributed by atoms with Crippen LogP contribution < -0.4 is 0 Å². The van der Waals surface area contributed by atoms with Crippen molar-refractivity contribution in [2.45, 2.75) is 24.3 Å². The van der Waals surface area contributed by atoms with E-state index in [9.17, 15) is 0 Å². The third-order valence-corrected chi connectivity index (χ3v) is 5.03. The molecule has 0 radical (unpaired) electrons. The summed E-state index contributed by atoms with van der Waals surface area (Å²) in [4.78, 5) is 4.91. The molecule has 2 aromatic heterocycles. The molecule has 25 heavy (non-hydrogen) atoms. The van der Waals surface area contributed by atoms with E-state index in [1.165, 1.54) is 5.56 Å². The predicted molar refractivity (Wildman–Crippen MR) is 102 cm³/mol. The first kappa shape index (κ1) is 15.8. The normalized spacial score (nSPS) is 11.1. The molecule has 124 valence electrons. The first-order valence-corrected chi connectivity index (χ1v) is 9.31. The van der Waals surface area contributed by atoms with Gasteiger partial charge in [-0.15, -0.1) is 10.2 Å². The van der Waals surface area contributed by atoms with Gasteiger partial charge in [0.15, 0.2) is 10.8 Å². The van der Waals surface area contributed by atoms with Gasteiger partial charge in [-0.05, 0) is 5.56 Å². The lowest BCUT2D eigenvalue weighted by molar-refractivity contribution is 0.820. The van der Waals surface area contributed by atoms with Crippen molar-refractivity contribution in [2.75, 3.05) is 0 Å². The fourth-order valence-electron chi connectivity index (χ4n) is 2.74. The number of thioether (sulfide) groups is 1. The molecule has 0 unspecified atom stereocenters. The number of fused-ring (bicyclic) bond motifs is 1. The molecule has 0 aliphatic carbocycles. The van der Waals surface area contributed by atoms with Crippen molar-refractivity contribution in [3.63, 3.8) is 0 Å². The van der Waals surface area contributed by atoms with Crippen LogP contribution in [0.1, 0.15) is 18.3 Å². The highest BCUT2D eigenvalue weighted by molar-refractivity contribution is 7.98. The van der Waals surface area contributed by atoms with Crippen LogP contribution >= 0.6 is 11.8 Å². The molecule has 2 aromatic carbocycles. The molecule has 0 aliphatic heterocycles. The maximum atomic E-state index is 4.91. The maximum Gasteiger partial charge on any atom is 0.176 e. The number of benzene rings is 2.